The molecule has 2 atom stereocenters. The molecule has 1 fully saturated rings. The number of nitrogens with zero attached hydrogens (tertiary/aromatic N) is 1. The monoisotopic (exact) mass is 502 g/mol. The molecule has 1 heterocycles. The number of hydrogen-bond acceptors (Lipinski definition) is 2. The van der Waals surface area contributed by atoms with E-state index in [4.69, 9.17) is 34.8 Å². The van der Waals surface area contributed by atoms with Crippen LogP contribution in [0.15, 0.2) is 41.4 Å². The van der Waals surface area contributed by atoms with Crippen molar-refractivity contribution in [3.05, 3.63) is 68.2 Å². The van der Waals surface area contributed by atoms with E-state index in [0.29, 0.717) is 5.56 Å². The van der Waals surface area contributed by atoms with Crippen molar-refractivity contribution in [2.75, 3.05) is 6.54 Å². The van der Waals surface area contributed by atoms with Crippen molar-refractivity contribution in [2.24, 2.45) is 10.9 Å². The third-order valence-electron chi connectivity index (χ3n) is 6.14. The lowest BCUT2D eigenvalue weighted by molar-refractivity contribution is -0.183. The van der Waals surface area contributed by atoms with E-state index in [1.54, 1.807) is 12.1 Å². The maximum Gasteiger partial charge on any atom is 0.400 e. The Morgan fingerprint density at radius 2 is 1.72 bits per heavy atom. The molecule has 1 unspecified atom stereocenters. The Kier molecular flexibility index (Phi) is 6.25. The fraction of sp³-hybridized carbons (Fsp3) is 0.391. The molecule has 2 aromatic rings. The van der Waals surface area contributed by atoms with E-state index in [-0.39, 0.29) is 50.6 Å². The summed E-state index contributed by atoms with van der Waals surface area (Å²) < 4.78 is 43.0. The molecule has 1 saturated carbocycles. The Hall–Kier alpha value is -1.76. The van der Waals surface area contributed by atoms with Crippen LogP contribution in [0.5, 0.6) is 0 Å². The first-order valence-corrected chi connectivity index (χ1v) is 11.3. The molecule has 0 radical (unpaired) electrons. The predicted octanol–water partition coefficient (Wildman–Crippen LogP) is 6.93. The quantitative estimate of drug-likeness (QED) is 0.442. The van der Waals surface area contributed by atoms with Crippen LogP contribution in [0.3, 0.4) is 0 Å². The molecule has 32 heavy (non-hydrogen) atoms. The van der Waals surface area contributed by atoms with Crippen LogP contribution in [-0.2, 0) is 10.2 Å². The number of aliphatic imine (C=N–C) groups is 1. The summed E-state index contributed by atoms with van der Waals surface area (Å²) in [5.74, 6) is 0.0524. The first-order valence-electron chi connectivity index (χ1n) is 10.2. The minimum atomic E-state index is -4.52. The van der Waals surface area contributed by atoms with E-state index in [0.717, 1.165) is 18.4 Å². The Bertz CT molecular complexity index is 1060. The van der Waals surface area contributed by atoms with Crippen molar-refractivity contribution in [3.63, 3.8) is 0 Å². The molecule has 9 heteroatoms. The summed E-state index contributed by atoms with van der Waals surface area (Å²) in [6.45, 7) is 1.39. The zero-order valence-corrected chi connectivity index (χ0v) is 19.3. The van der Waals surface area contributed by atoms with E-state index in [1.165, 1.54) is 24.3 Å². The third kappa shape index (κ3) is 4.37. The molecule has 1 N–H and O–H groups in total. The van der Waals surface area contributed by atoms with Gasteiger partial charge < -0.3 is 5.32 Å². The van der Waals surface area contributed by atoms with Crippen molar-refractivity contribution in [2.45, 2.75) is 43.8 Å². The third-order valence-corrected chi connectivity index (χ3v) is 7.34. The highest BCUT2D eigenvalue weighted by molar-refractivity contribution is 6.48. The van der Waals surface area contributed by atoms with Crippen LogP contribution in [0.2, 0.25) is 15.1 Å². The summed E-state index contributed by atoms with van der Waals surface area (Å²) in [5.41, 5.74) is -0.588. The van der Waals surface area contributed by atoms with Gasteiger partial charge in [0.2, 0.25) is 5.91 Å². The molecule has 3 nitrogen and oxygen atoms in total. The molecule has 2 aromatic carbocycles. The summed E-state index contributed by atoms with van der Waals surface area (Å²) in [7, 11) is 0. The van der Waals surface area contributed by atoms with Gasteiger partial charge in [-0.1, -0.05) is 59.1 Å². The molecule has 1 amide bonds. The fourth-order valence-corrected chi connectivity index (χ4v) is 4.54. The van der Waals surface area contributed by atoms with Crippen molar-refractivity contribution < 1.29 is 18.0 Å². The number of carbonyl (C=O) groups excluding carboxylic acids is 1. The van der Waals surface area contributed by atoms with E-state index in [1.807, 2.05) is 6.92 Å². The molecule has 2 aliphatic rings. The highest BCUT2D eigenvalue weighted by Crippen LogP contribution is 2.48. The number of alkyl halides is 3. The second-order valence-electron chi connectivity index (χ2n) is 8.40. The highest BCUT2D eigenvalue weighted by atomic mass is 35.5. The molecule has 1 aliphatic carbocycles. The van der Waals surface area contributed by atoms with Gasteiger partial charge in [-0.2, -0.15) is 13.2 Å². The average Bonchev–Trinajstić information content (AvgIpc) is 3.49. The van der Waals surface area contributed by atoms with Crippen LogP contribution in [-0.4, -0.2) is 24.3 Å². The van der Waals surface area contributed by atoms with Gasteiger partial charge in [0, 0.05) is 18.1 Å². The Balaban J connectivity index is 1.59. The molecular weight excluding hydrogens is 484 g/mol. The zero-order chi connectivity index (χ0) is 23.3. The van der Waals surface area contributed by atoms with Gasteiger partial charge in [0.1, 0.15) is 5.41 Å². The lowest BCUT2D eigenvalue weighted by atomic mass is 9.76. The number of nitrogens with one attached hydrogen (secondary N) is 1. The minimum Gasteiger partial charge on any atom is -0.349 e. The number of benzene rings is 2. The first-order chi connectivity index (χ1) is 15.0. The molecule has 0 bridgehead atoms. The minimum absolute atomic E-state index is 0.0116. The SMILES string of the molecule is C[C@H](NC(=O)C1CC1)c1ccc(C2(C(F)(F)F)CN=C(c3cc(Cl)c(Cl)c(Cl)c3)C2)cc1. The fourth-order valence-electron chi connectivity index (χ4n) is 3.94. The maximum absolute atomic E-state index is 14.3. The van der Waals surface area contributed by atoms with Gasteiger partial charge in [-0.3, -0.25) is 9.79 Å². The van der Waals surface area contributed by atoms with Crippen LogP contribution in [0.1, 0.15) is 48.9 Å². The van der Waals surface area contributed by atoms with Gasteiger partial charge >= 0.3 is 6.18 Å². The van der Waals surface area contributed by atoms with Gasteiger partial charge in [-0.25, -0.2) is 0 Å². The molecule has 4 rings (SSSR count). The smallest absolute Gasteiger partial charge is 0.349 e. The van der Waals surface area contributed by atoms with E-state index in [2.05, 4.69) is 10.3 Å². The van der Waals surface area contributed by atoms with Gasteiger partial charge in [-0.15, -0.1) is 0 Å². The summed E-state index contributed by atoms with van der Waals surface area (Å²) >= 11 is 18.1. The largest absolute Gasteiger partial charge is 0.400 e. The maximum atomic E-state index is 14.3. The van der Waals surface area contributed by atoms with Crippen molar-refractivity contribution in [1.29, 1.82) is 0 Å². The molecule has 0 saturated heterocycles. The Morgan fingerprint density at radius 1 is 1.12 bits per heavy atom. The van der Waals surface area contributed by atoms with Crippen LogP contribution < -0.4 is 5.32 Å². The second-order valence-corrected chi connectivity index (χ2v) is 9.59. The topological polar surface area (TPSA) is 41.5 Å². The lowest BCUT2D eigenvalue weighted by Gasteiger charge is -2.32. The van der Waals surface area contributed by atoms with Gasteiger partial charge in [-0.05, 0) is 48.6 Å². The van der Waals surface area contributed by atoms with Crippen molar-refractivity contribution in [1.82, 2.24) is 5.32 Å². The highest BCUT2D eigenvalue weighted by Gasteiger charge is 2.58. The van der Waals surface area contributed by atoms with Crippen LogP contribution in [0.25, 0.3) is 0 Å². The molecule has 0 aromatic heterocycles. The standard InChI is InChI=1S/C23H20Cl3F3N2O/c1-12(31-21(32)14-2-3-14)13-4-6-16(7-5-13)22(23(27,28)29)10-19(30-11-22)15-8-17(24)20(26)18(25)9-15/h4-9,12,14H,2-3,10-11H2,1H3,(H,31,32)/t12-,22?/m0/s1. The molecule has 1 aliphatic heterocycles. The van der Waals surface area contributed by atoms with Gasteiger partial charge in [0.25, 0.3) is 0 Å². The molecule has 170 valence electrons. The Labute approximate surface area is 199 Å². The van der Waals surface area contributed by atoms with Crippen LogP contribution in [0, 0.1) is 5.92 Å². The predicted molar refractivity (Wildman–Crippen MR) is 121 cm³/mol. The average molecular weight is 504 g/mol. The lowest BCUT2D eigenvalue weighted by Crippen LogP contribution is -2.43. The van der Waals surface area contributed by atoms with Gasteiger partial charge in [0.05, 0.1) is 27.7 Å². The van der Waals surface area contributed by atoms with Crippen molar-refractivity contribution in [3.8, 4) is 0 Å². The van der Waals surface area contributed by atoms with Crippen molar-refractivity contribution >= 4 is 46.4 Å². The van der Waals surface area contributed by atoms with Gasteiger partial charge in [0.15, 0.2) is 0 Å². The summed E-state index contributed by atoms with van der Waals surface area (Å²) in [5, 5.41) is 3.38. The van der Waals surface area contributed by atoms with Crippen LogP contribution >= 0.6 is 34.8 Å². The number of halogens is 6. The zero-order valence-electron chi connectivity index (χ0n) is 17.1. The van der Waals surface area contributed by atoms with E-state index < -0.39 is 18.1 Å². The normalized spacial score (nSPS) is 21.9. The van der Waals surface area contributed by atoms with Crippen LogP contribution in [0.4, 0.5) is 13.2 Å². The Morgan fingerprint density at radius 3 is 2.25 bits per heavy atom. The number of carbonyl (C=O) groups is 1. The van der Waals surface area contributed by atoms with E-state index >= 15 is 0 Å². The van der Waals surface area contributed by atoms with E-state index in [9.17, 15) is 18.0 Å². The summed E-state index contributed by atoms with van der Waals surface area (Å²) in [4.78, 5) is 16.2. The number of rotatable bonds is 5. The number of hydrogen-bond donors (Lipinski definition) is 1. The summed E-state index contributed by atoms with van der Waals surface area (Å²) in [6, 6.07) is 8.89. The summed E-state index contributed by atoms with van der Waals surface area (Å²) in [6.07, 6.45) is -3.08. The second kappa shape index (κ2) is 8.54. The molecule has 0 spiro atoms. The first kappa shape index (κ1) is 23.4. The number of amides is 1. The molecular formula is C23H20Cl3F3N2O.